The van der Waals surface area contributed by atoms with Gasteiger partial charge in [0.25, 0.3) is 0 Å². The first-order valence-electron chi connectivity index (χ1n) is 6.85. The Morgan fingerprint density at radius 3 is 2.47 bits per heavy atom. The second-order valence-electron chi connectivity index (χ2n) is 5.27. The van der Waals surface area contributed by atoms with Gasteiger partial charge >= 0.3 is 0 Å². The molecule has 1 heterocycles. The number of rotatable bonds is 4. The average Bonchev–Trinajstić information content (AvgIpc) is 2.92. The number of carbonyl (C=O) groups is 1. The Kier molecular flexibility index (Phi) is 4.43. The van der Waals surface area contributed by atoms with Crippen LogP contribution in [0.3, 0.4) is 0 Å². The summed E-state index contributed by atoms with van der Waals surface area (Å²) >= 11 is 0. The van der Waals surface area contributed by atoms with Crippen LogP contribution >= 0.6 is 0 Å². The van der Waals surface area contributed by atoms with E-state index in [2.05, 4.69) is 6.92 Å². The average molecular weight is 262 g/mol. The molecule has 2 rings (SSSR count). The van der Waals surface area contributed by atoms with Gasteiger partial charge in [0.15, 0.2) is 0 Å². The van der Waals surface area contributed by atoms with Crippen molar-refractivity contribution < 1.29 is 9.90 Å². The Hall–Kier alpha value is -1.55. The van der Waals surface area contributed by atoms with E-state index in [4.69, 9.17) is 0 Å². The van der Waals surface area contributed by atoms with E-state index in [0.717, 1.165) is 31.5 Å². The van der Waals surface area contributed by atoms with Gasteiger partial charge in [0.05, 0.1) is 6.54 Å². The lowest BCUT2D eigenvalue weighted by Crippen LogP contribution is -2.38. The van der Waals surface area contributed by atoms with E-state index in [1.54, 1.807) is 12.1 Å². The normalized spacial score (nSPS) is 16.9. The van der Waals surface area contributed by atoms with Crippen LogP contribution in [-0.2, 0) is 4.79 Å². The molecular formula is C15H22N2O2. The van der Waals surface area contributed by atoms with Crippen molar-refractivity contribution in [3.05, 3.63) is 29.8 Å². The quantitative estimate of drug-likeness (QED) is 0.902. The molecule has 1 atom stereocenters. The number of amides is 1. The zero-order valence-electron chi connectivity index (χ0n) is 11.7. The van der Waals surface area contributed by atoms with Crippen LogP contribution in [0.25, 0.3) is 0 Å². The van der Waals surface area contributed by atoms with Crippen molar-refractivity contribution in [3.8, 4) is 5.75 Å². The maximum Gasteiger partial charge on any atom is 0.236 e. The van der Waals surface area contributed by atoms with Gasteiger partial charge < -0.3 is 10.0 Å². The highest BCUT2D eigenvalue weighted by Gasteiger charge is 2.21. The molecular weight excluding hydrogens is 240 g/mol. The third kappa shape index (κ3) is 3.47. The van der Waals surface area contributed by atoms with Gasteiger partial charge in [-0.05, 0) is 44.5 Å². The number of phenols is 1. The summed E-state index contributed by atoms with van der Waals surface area (Å²) in [5, 5.41) is 9.29. The molecule has 1 aromatic carbocycles. The highest BCUT2D eigenvalue weighted by atomic mass is 16.3. The number of phenolic OH excluding ortho intramolecular Hbond substituents is 1. The van der Waals surface area contributed by atoms with Crippen molar-refractivity contribution in [2.24, 2.45) is 0 Å². The fraction of sp³-hybridized carbons (Fsp3) is 0.533. The van der Waals surface area contributed by atoms with E-state index in [9.17, 15) is 9.90 Å². The van der Waals surface area contributed by atoms with Gasteiger partial charge in [0.1, 0.15) is 5.75 Å². The molecule has 0 aliphatic carbocycles. The largest absolute Gasteiger partial charge is 0.508 e. The SMILES string of the molecule is CC(c1ccc(O)cc1)N(C)CC(=O)N1CCCC1. The molecule has 4 heteroatoms. The van der Waals surface area contributed by atoms with Crippen molar-refractivity contribution in [1.29, 1.82) is 0 Å². The molecule has 19 heavy (non-hydrogen) atoms. The van der Waals surface area contributed by atoms with Crippen LogP contribution in [0.15, 0.2) is 24.3 Å². The number of likely N-dealkylation sites (tertiary alicyclic amines) is 1. The molecule has 1 saturated heterocycles. The van der Waals surface area contributed by atoms with Crippen LogP contribution in [0.2, 0.25) is 0 Å². The van der Waals surface area contributed by atoms with Gasteiger partial charge in [-0.2, -0.15) is 0 Å². The molecule has 0 spiro atoms. The number of hydrogen-bond donors (Lipinski definition) is 1. The van der Waals surface area contributed by atoms with Gasteiger partial charge in [0.2, 0.25) is 5.91 Å². The van der Waals surface area contributed by atoms with Gasteiger partial charge in [0, 0.05) is 19.1 Å². The van der Waals surface area contributed by atoms with Gasteiger partial charge in [-0.1, -0.05) is 12.1 Å². The van der Waals surface area contributed by atoms with E-state index >= 15 is 0 Å². The lowest BCUT2D eigenvalue weighted by atomic mass is 10.1. The monoisotopic (exact) mass is 262 g/mol. The van der Waals surface area contributed by atoms with Crippen LogP contribution in [0, 0.1) is 0 Å². The third-order valence-electron chi connectivity index (χ3n) is 3.88. The van der Waals surface area contributed by atoms with Crippen molar-refractivity contribution in [2.75, 3.05) is 26.7 Å². The zero-order chi connectivity index (χ0) is 13.8. The van der Waals surface area contributed by atoms with Crippen LogP contribution < -0.4 is 0 Å². The minimum Gasteiger partial charge on any atom is -0.508 e. The highest BCUT2D eigenvalue weighted by Crippen LogP contribution is 2.21. The van der Waals surface area contributed by atoms with E-state index < -0.39 is 0 Å². The first kappa shape index (κ1) is 13.9. The molecule has 1 amide bonds. The smallest absolute Gasteiger partial charge is 0.236 e. The van der Waals surface area contributed by atoms with Crippen molar-refractivity contribution in [3.63, 3.8) is 0 Å². The first-order valence-corrected chi connectivity index (χ1v) is 6.85. The molecule has 1 unspecified atom stereocenters. The molecule has 0 radical (unpaired) electrons. The molecule has 4 nitrogen and oxygen atoms in total. The summed E-state index contributed by atoms with van der Waals surface area (Å²) in [5.74, 6) is 0.484. The molecule has 104 valence electrons. The molecule has 1 aliphatic heterocycles. The van der Waals surface area contributed by atoms with Crippen molar-refractivity contribution >= 4 is 5.91 Å². The van der Waals surface area contributed by atoms with E-state index in [1.807, 2.05) is 29.0 Å². The maximum atomic E-state index is 12.1. The Morgan fingerprint density at radius 1 is 1.32 bits per heavy atom. The number of hydrogen-bond acceptors (Lipinski definition) is 3. The Morgan fingerprint density at radius 2 is 1.89 bits per heavy atom. The molecule has 1 aliphatic rings. The predicted molar refractivity (Wildman–Crippen MR) is 75.0 cm³/mol. The van der Waals surface area contributed by atoms with Gasteiger partial charge in [-0.15, -0.1) is 0 Å². The number of likely N-dealkylation sites (N-methyl/N-ethyl adjacent to an activating group) is 1. The van der Waals surface area contributed by atoms with E-state index in [0.29, 0.717) is 6.54 Å². The van der Waals surface area contributed by atoms with Crippen LogP contribution in [-0.4, -0.2) is 47.5 Å². The van der Waals surface area contributed by atoms with Crippen LogP contribution in [0.5, 0.6) is 5.75 Å². The molecule has 0 aromatic heterocycles. The first-order chi connectivity index (χ1) is 9.08. The van der Waals surface area contributed by atoms with Crippen molar-refractivity contribution in [2.45, 2.75) is 25.8 Å². The predicted octanol–water partition coefficient (Wildman–Crippen LogP) is 2.01. The highest BCUT2D eigenvalue weighted by molar-refractivity contribution is 5.78. The van der Waals surface area contributed by atoms with E-state index in [-0.39, 0.29) is 17.7 Å². The van der Waals surface area contributed by atoms with Crippen molar-refractivity contribution in [1.82, 2.24) is 9.80 Å². The fourth-order valence-electron chi connectivity index (χ4n) is 2.42. The zero-order valence-corrected chi connectivity index (χ0v) is 11.7. The van der Waals surface area contributed by atoms with E-state index in [1.165, 1.54) is 0 Å². The van der Waals surface area contributed by atoms with Gasteiger partial charge in [-0.25, -0.2) is 0 Å². The minimum atomic E-state index is 0.159. The molecule has 1 N–H and O–H groups in total. The summed E-state index contributed by atoms with van der Waals surface area (Å²) < 4.78 is 0. The number of nitrogens with zero attached hydrogens (tertiary/aromatic N) is 2. The number of carbonyl (C=O) groups excluding carboxylic acids is 1. The topological polar surface area (TPSA) is 43.8 Å². The summed E-state index contributed by atoms with van der Waals surface area (Å²) in [6.45, 7) is 4.33. The fourth-order valence-corrected chi connectivity index (χ4v) is 2.42. The molecule has 0 saturated carbocycles. The summed E-state index contributed by atoms with van der Waals surface area (Å²) in [7, 11) is 1.96. The number of aromatic hydroxyl groups is 1. The minimum absolute atomic E-state index is 0.159. The summed E-state index contributed by atoms with van der Waals surface area (Å²) in [6, 6.07) is 7.32. The third-order valence-corrected chi connectivity index (χ3v) is 3.88. The Labute approximate surface area is 114 Å². The lowest BCUT2D eigenvalue weighted by Gasteiger charge is -2.26. The summed E-state index contributed by atoms with van der Waals surface area (Å²) in [4.78, 5) is 16.1. The maximum absolute atomic E-state index is 12.1. The number of benzene rings is 1. The summed E-state index contributed by atoms with van der Waals surface area (Å²) in [5.41, 5.74) is 1.11. The molecule has 1 aromatic rings. The molecule has 1 fully saturated rings. The lowest BCUT2D eigenvalue weighted by molar-refractivity contribution is -0.131. The Bertz CT molecular complexity index is 424. The van der Waals surface area contributed by atoms with Crippen LogP contribution in [0.1, 0.15) is 31.4 Å². The summed E-state index contributed by atoms with van der Waals surface area (Å²) in [6.07, 6.45) is 2.26. The second-order valence-corrected chi connectivity index (χ2v) is 5.27. The molecule has 0 bridgehead atoms. The second kappa shape index (κ2) is 6.06. The van der Waals surface area contributed by atoms with Gasteiger partial charge in [-0.3, -0.25) is 9.69 Å². The Balaban J connectivity index is 1.93. The van der Waals surface area contributed by atoms with Crippen LogP contribution in [0.4, 0.5) is 0 Å². The standard InChI is InChI=1S/C15H22N2O2/c1-12(13-5-7-14(18)8-6-13)16(2)11-15(19)17-9-3-4-10-17/h5-8,12,18H,3-4,9-11H2,1-2H3.